The van der Waals surface area contributed by atoms with Crippen LogP contribution >= 0.6 is 0 Å². The Labute approximate surface area is 217 Å². The van der Waals surface area contributed by atoms with E-state index in [1.54, 1.807) is 18.4 Å². The number of fused-ring (bicyclic) bond motifs is 1. The number of hydrogen-bond acceptors (Lipinski definition) is 5. The molecule has 1 N–H and O–H groups in total. The van der Waals surface area contributed by atoms with Crippen LogP contribution in [-0.4, -0.2) is 39.0 Å². The van der Waals surface area contributed by atoms with E-state index in [-0.39, 0.29) is 11.7 Å². The number of hydrogen-bond donors (Lipinski definition) is 1. The van der Waals surface area contributed by atoms with Gasteiger partial charge in [-0.3, -0.25) is 9.20 Å². The van der Waals surface area contributed by atoms with Crippen LogP contribution in [0, 0.1) is 0 Å². The largest absolute Gasteiger partial charge is 0.493 e. The van der Waals surface area contributed by atoms with Crippen LogP contribution in [0.1, 0.15) is 35.9 Å². The van der Waals surface area contributed by atoms with Gasteiger partial charge in [-0.1, -0.05) is 91.0 Å². The second-order valence-corrected chi connectivity index (χ2v) is 8.78. The average Bonchev–Trinajstić information content (AvgIpc) is 3.24. The summed E-state index contributed by atoms with van der Waals surface area (Å²) in [6, 6.07) is 30.3. The van der Waals surface area contributed by atoms with Crippen LogP contribution in [0.25, 0.3) is 16.9 Å². The Morgan fingerprint density at radius 1 is 0.811 bits per heavy atom. The fourth-order valence-corrected chi connectivity index (χ4v) is 3.95. The van der Waals surface area contributed by atoms with Crippen molar-refractivity contribution in [2.75, 3.05) is 13.7 Å². The molecule has 0 saturated heterocycles. The van der Waals surface area contributed by atoms with E-state index < -0.39 is 0 Å². The molecular formula is C31H31N3O3. The first-order chi connectivity index (χ1) is 18.0. The number of methoxy groups -OCH3 is 1. The second kappa shape index (κ2) is 12.6. The molecule has 0 fully saturated rings. The van der Waals surface area contributed by atoms with E-state index in [0.717, 1.165) is 28.1 Å². The summed E-state index contributed by atoms with van der Waals surface area (Å²) in [5.74, 6) is 0.351. The highest BCUT2D eigenvalue weighted by Gasteiger charge is 2.18. The maximum Gasteiger partial charge on any atom is 0.219 e. The SMILES string of the molecule is COCCC(C)=O.Oc1c(Cc2ccccc2)nc2c(Cc3ccccc3)nc(-c3ccccc3)cn12. The van der Waals surface area contributed by atoms with Crippen molar-refractivity contribution in [1.82, 2.24) is 14.4 Å². The summed E-state index contributed by atoms with van der Waals surface area (Å²) in [6.07, 6.45) is 3.62. The van der Waals surface area contributed by atoms with Gasteiger partial charge in [-0.25, -0.2) is 9.97 Å². The van der Waals surface area contributed by atoms with Crippen LogP contribution in [0.4, 0.5) is 0 Å². The lowest BCUT2D eigenvalue weighted by atomic mass is 10.1. The van der Waals surface area contributed by atoms with E-state index in [2.05, 4.69) is 16.9 Å². The van der Waals surface area contributed by atoms with Gasteiger partial charge >= 0.3 is 0 Å². The van der Waals surface area contributed by atoms with E-state index in [1.165, 1.54) is 0 Å². The monoisotopic (exact) mass is 493 g/mol. The topological polar surface area (TPSA) is 76.7 Å². The van der Waals surface area contributed by atoms with E-state index in [4.69, 9.17) is 9.97 Å². The fourth-order valence-electron chi connectivity index (χ4n) is 3.95. The molecule has 0 radical (unpaired) electrons. The van der Waals surface area contributed by atoms with Crippen molar-refractivity contribution < 1.29 is 14.6 Å². The minimum Gasteiger partial charge on any atom is -0.493 e. The van der Waals surface area contributed by atoms with E-state index in [0.29, 0.717) is 37.2 Å². The molecule has 0 aliphatic heterocycles. The lowest BCUT2D eigenvalue weighted by molar-refractivity contribution is -0.117. The molecule has 5 rings (SSSR count). The van der Waals surface area contributed by atoms with Crippen molar-refractivity contribution in [2.24, 2.45) is 0 Å². The Bertz CT molecular complexity index is 1430. The van der Waals surface area contributed by atoms with Gasteiger partial charge in [-0.05, 0) is 18.1 Å². The molecule has 6 heteroatoms. The van der Waals surface area contributed by atoms with Gasteiger partial charge in [-0.2, -0.15) is 0 Å². The number of imidazole rings is 1. The van der Waals surface area contributed by atoms with Crippen molar-refractivity contribution in [2.45, 2.75) is 26.2 Å². The number of carbonyl (C=O) groups is 1. The number of ketones is 1. The van der Waals surface area contributed by atoms with Gasteiger partial charge in [-0.15, -0.1) is 0 Å². The minimum absolute atomic E-state index is 0.169. The number of benzene rings is 3. The Hall–Kier alpha value is -4.29. The number of aromatic hydroxyl groups is 1. The quantitative estimate of drug-likeness (QED) is 0.291. The second-order valence-electron chi connectivity index (χ2n) is 8.78. The Morgan fingerprint density at radius 3 is 1.86 bits per heavy atom. The molecule has 0 saturated carbocycles. The first-order valence-corrected chi connectivity index (χ1v) is 12.3. The number of aromatic nitrogens is 3. The smallest absolute Gasteiger partial charge is 0.219 e. The number of rotatable bonds is 8. The van der Waals surface area contributed by atoms with Gasteiger partial charge < -0.3 is 9.84 Å². The summed E-state index contributed by atoms with van der Waals surface area (Å²) in [5.41, 5.74) is 6.28. The summed E-state index contributed by atoms with van der Waals surface area (Å²) >= 11 is 0. The normalized spacial score (nSPS) is 10.6. The highest BCUT2D eigenvalue weighted by molar-refractivity contribution is 5.75. The van der Waals surface area contributed by atoms with E-state index >= 15 is 0 Å². The first-order valence-electron chi connectivity index (χ1n) is 12.3. The molecule has 0 atom stereocenters. The Balaban J connectivity index is 0.000000405. The molecule has 0 aliphatic carbocycles. The standard InChI is InChI=1S/C26H21N3O.C5H10O2/c30-26-23(17-20-12-6-2-7-13-20)28-25-22(16-19-10-4-1-5-11-19)27-24(18-29(25)26)21-14-8-3-9-15-21;1-5(6)3-4-7-2/h1-15,18,30H,16-17H2;3-4H2,1-2H3. The number of Topliss-reactive ketones (excluding diaryl/α,β-unsaturated/α-hetero) is 1. The molecular weight excluding hydrogens is 462 g/mol. The molecule has 37 heavy (non-hydrogen) atoms. The van der Waals surface area contributed by atoms with Crippen molar-refractivity contribution in [3.63, 3.8) is 0 Å². The molecule has 3 aromatic carbocycles. The van der Waals surface area contributed by atoms with Crippen molar-refractivity contribution in [3.8, 4) is 17.1 Å². The zero-order chi connectivity index (χ0) is 26.0. The summed E-state index contributed by atoms with van der Waals surface area (Å²) in [4.78, 5) is 19.8. The summed E-state index contributed by atoms with van der Waals surface area (Å²) in [5, 5.41) is 11.0. The molecule has 2 aromatic heterocycles. The Morgan fingerprint density at radius 2 is 1.35 bits per heavy atom. The van der Waals surface area contributed by atoms with Crippen molar-refractivity contribution in [3.05, 3.63) is 120 Å². The molecule has 0 aliphatic rings. The molecule has 0 spiro atoms. The maximum atomic E-state index is 11.0. The van der Waals surface area contributed by atoms with Crippen molar-refractivity contribution >= 4 is 11.4 Å². The highest BCUT2D eigenvalue weighted by atomic mass is 16.5. The molecule has 188 valence electrons. The summed E-state index contributed by atoms with van der Waals surface area (Å²) in [7, 11) is 1.59. The lowest BCUT2D eigenvalue weighted by Crippen LogP contribution is -2.00. The maximum absolute atomic E-state index is 11.0. The van der Waals surface area contributed by atoms with E-state index in [9.17, 15) is 9.90 Å². The van der Waals surface area contributed by atoms with E-state index in [1.807, 2.05) is 85.1 Å². The van der Waals surface area contributed by atoms with Crippen LogP contribution in [0.5, 0.6) is 5.88 Å². The van der Waals surface area contributed by atoms with Gasteiger partial charge in [0, 0.05) is 38.1 Å². The van der Waals surface area contributed by atoms with Gasteiger partial charge in [0.2, 0.25) is 5.88 Å². The summed E-state index contributed by atoms with van der Waals surface area (Å²) in [6.45, 7) is 2.11. The first kappa shape index (κ1) is 25.8. The molecule has 0 bridgehead atoms. The number of ether oxygens (including phenoxy) is 1. The third kappa shape index (κ3) is 6.90. The predicted molar refractivity (Wildman–Crippen MR) is 146 cm³/mol. The van der Waals surface area contributed by atoms with Crippen LogP contribution in [0.3, 0.4) is 0 Å². The van der Waals surface area contributed by atoms with Gasteiger partial charge in [0.05, 0.1) is 18.0 Å². The van der Waals surface area contributed by atoms with Crippen LogP contribution in [0.2, 0.25) is 0 Å². The number of nitrogens with zero attached hydrogens (tertiary/aromatic N) is 3. The zero-order valence-electron chi connectivity index (χ0n) is 21.2. The molecule has 6 nitrogen and oxygen atoms in total. The fraction of sp³-hybridized carbons (Fsp3) is 0.194. The van der Waals surface area contributed by atoms with Crippen LogP contribution in [0.15, 0.2) is 97.2 Å². The van der Waals surface area contributed by atoms with Gasteiger partial charge in [0.1, 0.15) is 11.5 Å². The third-order valence-corrected chi connectivity index (χ3v) is 5.88. The third-order valence-electron chi connectivity index (χ3n) is 5.88. The highest BCUT2D eigenvalue weighted by Crippen LogP contribution is 2.28. The number of carbonyl (C=O) groups excluding carboxylic acids is 1. The predicted octanol–water partition coefficient (Wildman–Crippen LogP) is 5.90. The Kier molecular flexibility index (Phi) is 8.79. The molecule has 0 amide bonds. The van der Waals surface area contributed by atoms with Crippen molar-refractivity contribution in [1.29, 1.82) is 0 Å². The van der Waals surface area contributed by atoms with Gasteiger partial charge in [0.15, 0.2) is 5.65 Å². The zero-order valence-corrected chi connectivity index (χ0v) is 21.2. The lowest BCUT2D eigenvalue weighted by Gasteiger charge is -2.08. The van der Waals surface area contributed by atoms with Crippen LogP contribution < -0.4 is 0 Å². The summed E-state index contributed by atoms with van der Waals surface area (Å²) < 4.78 is 6.40. The minimum atomic E-state index is 0.169. The molecule has 5 aromatic rings. The molecule has 2 heterocycles. The van der Waals surface area contributed by atoms with Crippen LogP contribution in [-0.2, 0) is 22.4 Å². The average molecular weight is 494 g/mol. The van der Waals surface area contributed by atoms with Gasteiger partial charge in [0.25, 0.3) is 0 Å². The molecule has 0 unspecified atom stereocenters.